The largest absolute Gasteiger partial charge is 0.361 e. The molecule has 0 atom stereocenters. The first-order valence-corrected chi connectivity index (χ1v) is 5.52. The molecule has 16 heavy (non-hydrogen) atoms. The average Bonchev–Trinajstić information content (AvgIpc) is 2.90. The topological polar surface area (TPSA) is 55.9 Å². The molecule has 0 amide bonds. The van der Waals surface area contributed by atoms with Gasteiger partial charge in [0.1, 0.15) is 11.5 Å². The van der Waals surface area contributed by atoms with Gasteiger partial charge in [-0.2, -0.15) is 0 Å². The molecule has 1 N–H and O–H groups in total. The van der Waals surface area contributed by atoms with Crippen molar-refractivity contribution < 1.29 is 4.52 Å². The third-order valence-electron chi connectivity index (χ3n) is 2.91. The van der Waals surface area contributed by atoms with Crippen molar-refractivity contribution in [1.82, 2.24) is 20.0 Å². The number of imidazole rings is 1. The van der Waals surface area contributed by atoms with Crippen molar-refractivity contribution in [3.8, 4) is 11.5 Å². The Hall–Kier alpha value is -1.62. The summed E-state index contributed by atoms with van der Waals surface area (Å²) in [6, 6.07) is 1.93. The van der Waals surface area contributed by atoms with Gasteiger partial charge in [-0.15, -0.1) is 0 Å². The molecule has 2 aromatic rings. The summed E-state index contributed by atoms with van der Waals surface area (Å²) in [6.07, 6.45) is 0. The maximum absolute atomic E-state index is 5.10. The third kappa shape index (κ3) is 1.28. The van der Waals surface area contributed by atoms with Gasteiger partial charge in [0.05, 0.1) is 11.4 Å². The lowest BCUT2D eigenvalue weighted by molar-refractivity contribution is 0.399. The molecular formula is C11H14N4O. The van der Waals surface area contributed by atoms with Crippen LogP contribution in [-0.2, 0) is 19.6 Å². The summed E-state index contributed by atoms with van der Waals surface area (Å²) >= 11 is 0. The lowest BCUT2D eigenvalue weighted by Crippen LogP contribution is -2.08. The number of hydrogen-bond acceptors (Lipinski definition) is 4. The molecule has 1 aliphatic rings. The molecule has 2 aromatic heterocycles. The molecular weight excluding hydrogens is 204 g/mol. The molecule has 0 saturated heterocycles. The molecule has 0 unspecified atom stereocenters. The predicted octanol–water partition coefficient (Wildman–Crippen LogP) is 1.47. The molecule has 0 spiro atoms. The monoisotopic (exact) mass is 218 g/mol. The van der Waals surface area contributed by atoms with Crippen LogP contribution in [0.15, 0.2) is 10.6 Å². The molecule has 0 radical (unpaired) electrons. The van der Waals surface area contributed by atoms with Gasteiger partial charge in [-0.1, -0.05) is 5.16 Å². The molecule has 0 aliphatic carbocycles. The molecule has 3 heterocycles. The fraction of sp³-hybridized carbons (Fsp3) is 0.455. The maximum Gasteiger partial charge on any atom is 0.162 e. The number of rotatable bonds is 2. The van der Waals surface area contributed by atoms with Gasteiger partial charge in [-0.25, -0.2) is 4.98 Å². The van der Waals surface area contributed by atoms with Crippen LogP contribution in [0.4, 0.5) is 0 Å². The summed E-state index contributed by atoms with van der Waals surface area (Å²) < 4.78 is 7.30. The summed E-state index contributed by atoms with van der Waals surface area (Å²) in [5.74, 6) is 1.74. The van der Waals surface area contributed by atoms with Gasteiger partial charge in [-0.3, -0.25) is 0 Å². The average molecular weight is 218 g/mol. The van der Waals surface area contributed by atoms with E-state index in [1.807, 2.05) is 13.0 Å². The molecule has 0 fully saturated rings. The minimum atomic E-state index is 0.818. The molecule has 5 heteroatoms. The Morgan fingerprint density at radius 3 is 3.06 bits per heavy atom. The summed E-state index contributed by atoms with van der Waals surface area (Å²) in [5, 5.41) is 7.33. The number of hydrogen-bond donors (Lipinski definition) is 1. The van der Waals surface area contributed by atoms with Gasteiger partial charge in [0.2, 0.25) is 0 Å². The van der Waals surface area contributed by atoms with Crippen molar-refractivity contribution >= 4 is 0 Å². The molecule has 0 bridgehead atoms. The van der Waals surface area contributed by atoms with Gasteiger partial charge in [0.25, 0.3) is 0 Å². The zero-order chi connectivity index (χ0) is 11.1. The van der Waals surface area contributed by atoms with Crippen molar-refractivity contribution in [1.29, 1.82) is 0 Å². The van der Waals surface area contributed by atoms with E-state index in [1.54, 1.807) is 0 Å². The second kappa shape index (κ2) is 3.45. The molecule has 0 saturated carbocycles. The highest BCUT2D eigenvalue weighted by Crippen LogP contribution is 2.24. The Labute approximate surface area is 93.5 Å². The fourth-order valence-electron chi connectivity index (χ4n) is 2.18. The Kier molecular flexibility index (Phi) is 2.07. The number of fused-ring (bicyclic) bond motifs is 1. The molecule has 84 valence electrons. The maximum atomic E-state index is 5.10. The number of nitrogens with one attached hydrogen (secondary N) is 1. The quantitative estimate of drug-likeness (QED) is 0.829. The van der Waals surface area contributed by atoms with Crippen molar-refractivity contribution in [3.05, 3.63) is 23.2 Å². The van der Waals surface area contributed by atoms with E-state index in [0.717, 1.165) is 42.6 Å². The highest BCUT2D eigenvalue weighted by atomic mass is 16.5. The summed E-state index contributed by atoms with van der Waals surface area (Å²) in [5.41, 5.74) is 3.24. The van der Waals surface area contributed by atoms with Crippen LogP contribution < -0.4 is 5.32 Å². The van der Waals surface area contributed by atoms with E-state index in [2.05, 4.69) is 26.9 Å². The SMILES string of the molecule is CCn1c(-c2cc(C)on2)nc2c1CNC2. The number of aryl methyl sites for hydroxylation is 1. The normalized spacial score (nSPS) is 14.4. The van der Waals surface area contributed by atoms with Crippen LogP contribution in [0, 0.1) is 6.92 Å². The van der Waals surface area contributed by atoms with E-state index < -0.39 is 0 Å². The van der Waals surface area contributed by atoms with Gasteiger partial charge in [-0.05, 0) is 13.8 Å². The minimum absolute atomic E-state index is 0.818. The van der Waals surface area contributed by atoms with Crippen molar-refractivity contribution in [2.45, 2.75) is 33.5 Å². The van der Waals surface area contributed by atoms with Crippen LogP contribution in [0.3, 0.4) is 0 Å². The van der Waals surface area contributed by atoms with Crippen molar-refractivity contribution in [2.75, 3.05) is 0 Å². The van der Waals surface area contributed by atoms with Gasteiger partial charge >= 0.3 is 0 Å². The first-order chi connectivity index (χ1) is 7.79. The highest BCUT2D eigenvalue weighted by molar-refractivity contribution is 5.52. The summed E-state index contributed by atoms with van der Waals surface area (Å²) in [4.78, 5) is 4.62. The second-order valence-corrected chi connectivity index (χ2v) is 4.00. The van der Waals surface area contributed by atoms with Crippen LogP contribution in [-0.4, -0.2) is 14.7 Å². The van der Waals surface area contributed by atoms with Crippen LogP contribution >= 0.6 is 0 Å². The van der Waals surface area contributed by atoms with Crippen LogP contribution in [0.2, 0.25) is 0 Å². The molecule has 0 aromatic carbocycles. The number of aromatic nitrogens is 3. The Bertz CT molecular complexity index is 526. The van der Waals surface area contributed by atoms with Crippen LogP contribution in [0.25, 0.3) is 11.5 Å². The third-order valence-corrected chi connectivity index (χ3v) is 2.91. The van der Waals surface area contributed by atoms with Crippen molar-refractivity contribution in [3.63, 3.8) is 0 Å². The zero-order valence-corrected chi connectivity index (χ0v) is 9.45. The van der Waals surface area contributed by atoms with Crippen LogP contribution in [0.5, 0.6) is 0 Å². The second-order valence-electron chi connectivity index (χ2n) is 4.00. The van der Waals surface area contributed by atoms with E-state index in [-0.39, 0.29) is 0 Å². The van der Waals surface area contributed by atoms with E-state index in [0.29, 0.717) is 0 Å². The standard InChI is InChI=1S/C11H14N4O/c1-3-15-10-6-12-5-9(10)13-11(15)8-4-7(2)16-14-8/h4,12H,3,5-6H2,1-2H3. The summed E-state index contributed by atoms with van der Waals surface area (Å²) in [6.45, 7) is 6.67. The predicted molar refractivity (Wildman–Crippen MR) is 58.7 cm³/mol. The number of nitrogens with zero attached hydrogens (tertiary/aromatic N) is 3. The Morgan fingerprint density at radius 1 is 1.50 bits per heavy atom. The first kappa shape index (κ1) is 9.59. The van der Waals surface area contributed by atoms with Gasteiger partial charge in [0.15, 0.2) is 5.82 Å². The zero-order valence-electron chi connectivity index (χ0n) is 9.45. The summed E-state index contributed by atoms with van der Waals surface area (Å²) in [7, 11) is 0. The molecule has 1 aliphatic heterocycles. The Balaban J connectivity index is 2.14. The molecule has 3 rings (SSSR count). The van der Waals surface area contributed by atoms with Crippen molar-refractivity contribution in [2.24, 2.45) is 0 Å². The van der Waals surface area contributed by atoms with Crippen LogP contribution in [0.1, 0.15) is 24.1 Å². The highest BCUT2D eigenvalue weighted by Gasteiger charge is 2.22. The fourth-order valence-corrected chi connectivity index (χ4v) is 2.18. The minimum Gasteiger partial charge on any atom is -0.361 e. The molecule has 5 nitrogen and oxygen atoms in total. The van der Waals surface area contributed by atoms with Gasteiger partial charge < -0.3 is 14.4 Å². The van der Waals surface area contributed by atoms with E-state index >= 15 is 0 Å². The van der Waals surface area contributed by atoms with E-state index in [1.165, 1.54) is 5.69 Å². The lowest BCUT2D eigenvalue weighted by Gasteiger charge is -2.05. The lowest BCUT2D eigenvalue weighted by atomic mass is 10.3. The smallest absolute Gasteiger partial charge is 0.162 e. The Morgan fingerprint density at radius 2 is 2.38 bits per heavy atom. The first-order valence-electron chi connectivity index (χ1n) is 5.52. The van der Waals surface area contributed by atoms with Gasteiger partial charge in [0, 0.05) is 25.7 Å². The van der Waals surface area contributed by atoms with E-state index in [4.69, 9.17) is 4.52 Å². The van der Waals surface area contributed by atoms with E-state index in [9.17, 15) is 0 Å².